The van der Waals surface area contributed by atoms with E-state index in [0.717, 1.165) is 0 Å². The third-order valence-corrected chi connectivity index (χ3v) is 4.09. The number of hydrogen-bond donors (Lipinski definition) is 1. The number of phenolic OH excluding ortho intramolecular Hbond substituents is 1. The predicted molar refractivity (Wildman–Crippen MR) is 55.2 cm³/mol. The molecule has 0 radical (unpaired) electrons. The average Bonchev–Trinajstić information content (AvgIpc) is 2.45. The van der Waals surface area contributed by atoms with Crippen LogP contribution in [-0.2, 0) is 0 Å². The summed E-state index contributed by atoms with van der Waals surface area (Å²) < 4.78 is 14.7. The van der Waals surface area contributed by atoms with Crippen molar-refractivity contribution in [2.24, 2.45) is 0 Å². The second-order valence-corrected chi connectivity index (χ2v) is 4.66. The van der Waals surface area contributed by atoms with Gasteiger partial charge < -0.3 is 5.11 Å². The summed E-state index contributed by atoms with van der Waals surface area (Å²) in [4.78, 5) is 0. The minimum Gasteiger partial charge on any atom is -0.506 e. The highest BCUT2D eigenvalue weighted by Crippen LogP contribution is 2.39. The molecule has 0 saturated heterocycles. The minimum absolute atomic E-state index is 0.154. The van der Waals surface area contributed by atoms with Gasteiger partial charge in [-0.05, 0) is 12.3 Å². The summed E-state index contributed by atoms with van der Waals surface area (Å²) in [6.07, 6.45) is 1.82. The molecule has 2 aromatic rings. The van der Waals surface area contributed by atoms with Crippen molar-refractivity contribution < 1.29 is 9.50 Å². The van der Waals surface area contributed by atoms with E-state index in [9.17, 15) is 9.50 Å². The number of thiophene rings is 1. The molecular weight excluding hydrogens is 207 g/mol. The minimum atomic E-state index is -0.219. The quantitative estimate of drug-likeness (QED) is 0.733. The molecule has 2 rings (SSSR count). The lowest BCUT2D eigenvalue weighted by Crippen LogP contribution is -1.70. The van der Waals surface area contributed by atoms with Crippen LogP contribution in [0.5, 0.6) is 5.75 Å². The first-order valence-corrected chi connectivity index (χ1v) is 5.72. The smallest absolute Gasteiger partial charge is 0.155 e. The van der Waals surface area contributed by atoms with Gasteiger partial charge in [-0.1, -0.05) is 12.1 Å². The Labute approximate surface area is 83.2 Å². The van der Waals surface area contributed by atoms with Crippen molar-refractivity contribution in [1.29, 1.82) is 0 Å². The van der Waals surface area contributed by atoms with Gasteiger partial charge in [0.1, 0.15) is 5.75 Å². The van der Waals surface area contributed by atoms with Gasteiger partial charge in [0.15, 0.2) is 5.82 Å². The Balaban J connectivity index is 2.83. The van der Waals surface area contributed by atoms with Gasteiger partial charge in [-0.25, -0.2) is 4.39 Å². The van der Waals surface area contributed by atoms with Crippen LogP contribution in [0.2, 0.25) is 0 Å². The lowest BCUT2D eigenvalue weighted by molar-refractivity contribution is 0.482. The van der Waals surface area contributed by atoms with Crippen LogP contribution < -0.4 is 0 Å². The Bertz CT molecular complexity index is 450. The van der Waals surface area contributed by atoms with E-state index in [-0.39, 0.29) is 11.6 Å². The molecule has 1 heterocycles. The van der Waals surface area contributed by atoms with Crippen molar-refractivity contribution >= 4 is 33.2 Å². The monoisotopic (exact) mass is 214 g/mol. The van der Waals surface area contributed by atoms with Crippen LogP contribution in [0.4, 0.5) is 4.39 Å². The molecule has 0 aliphatic carbocycles. The zero-order valence-electron chi connectivity index (χ0n) is 6.87. The first-order chi connectivity index (χ1) is 6.24. The highest BCUT2D eigenvalue weighted by molar-refractivity contribution is 8.00. The summed E-state index contributed by atoms with van der Waals surface area (Å²) in [7, 11) is 0. The molecule has 0 spiro atoms. The Kier molecular flexibility index (Phi) is 2.17. The summed E-state index contributed by atoms with van der Waals surface area (Å²) in [6, 6.07) is 4.90. The second kappa shape index (κ2) is 3.20. The van der Waals surface area contributed by atoms with Gasteiger partial charge in [0.25, 0.3) is 0 Å². The molecule has 4 heteroatoms. The molecule has 0 saturated carbocycles. The first-order valence-electron chi connectivity index (χ1n) is 3.68. The predicted octanol–water partition coefficient (Wildman–Crippen LogP) is 3.47. The number of fused-ring (bicyclic) bond motifs is 1. The number of halogens is 1. The fourth-order valence-corrected chi connectivity index (χ4v) is 2.88. The summed E-state index contributed by atoms with van der Waals surface area (Å²) in [5.41, 5.74) is 0. The van der Waals surface area contributed by atoms with Gasteiger partial charge in [-0.3, -0.25) is 0 Å². The molecule has 0 bridgehead atoms. The molecule has 0 fully saturated rings. The number of rotatable bonds is 1. The zero-order chi connectivity index (χ0) is 9.42. The fourth-order valence-electron chi connectivity index (χ4n) is 1.18. The molecule has 1 N–H and O–H groups in total. The lowest BCUT2D eigenvalue weighted by atomic mass is 10.2. The van der Waals surface area contributed by atoms with E-state index in [1.54, 1.807) is 18.2 Å². The maximum Gasteiger partial charge on any atom is 0.155 e. The Morgan fingerprint density at radius 2 is 2.23 bits per heavy atom. The van der Waals surface area contributed by atoms with Crippen LogP contribution in [0.1, 0.15) is 0 Å². The Morgan fingerprint density at radius 3 is 2.85 bits per heavy atom. The topological polar surface area (TPSA) is 20.2 Å². The number of phenols is 1. The molecule has 68 valence electrons. The van der Waals surface area contributed by atoms with Crippen molar-refractivity contribution in [3.8, 4) is 5.75 Å². The van der Waals surface area contributed by atoms with Crippen LogP contribution in [0.25, 0.3) is 10.1 Å². The van der Waals surface area contributed by atoms with Crippen LogP contribution in [0, 0.1) is 5.82 Å². The number of thioether (sulfide) groups is 1. The molecule has 0 aliphatic heterocycles. The zero-order valence-corrected chi connectivity index (χ0v) is 8.51. The van der Waals surface area contributed by atoms with E-state index >= 15 is 0 Å². The van der Waals surface area contributed by atoms with E-state index in [2.05, 4.69) is 0 Å². The molecule has 1 aromatic carbocycles. The van der Waals surface area contributed by atoms with Gasteiger partial charge in [0.05, 0.1) is 8.91 Å². The van der Waals surface area contributed by atoms with Crippen molar-refractivity contribution in [2.75, 3.05) is 6.26 Å². The molecular formula is C9H7FOS2. The summed E-state index contributed by atoms with van der Waals surface area (Å²) in [5, 5.41) is 9.95. The molecule has 13 heavy (non-hydrogen) atoms. The SMILES string of the molecule is CSc1sc2c(O)cccc2c1F. The van der Waals surface area contributed by atoms with Crippen LogP contribution >= 0.6 is 23.1 Å². The van der Waals surface area contributed by atoms with E-state index in [1.165, 1.54) is 23.1 Å². The average molecular weight is 214 g/mol. The van der Waals surface area contributed by atoms with E-state index in [4.69, 9.17) is 0 Å². The Morgan fingerprint density at radius 1 is 1.46 bits per heavy atom. The molecule has 0 unspecified atom stereocenters. The molecule has 0 atom stereocenters. The molecule has 1 nitrogen and oxygen atoms in total. The summed E-state index contributed by atoms with van der Waals surface area (Å²) in [5.74, 6) is -0.0647. The second-order valence-electron chi connectivity index (χ2n) is 2.56. The van der Waals surface area contributed by atoms with E-state index in [1.807, 2.05) is 6.26 Å². The molecule has 1 aromatic heterocycles. The normalized spacial score (nSPS) is 10.9. The largest absolute Gasteiger partial charge is 0.506 e. The number of aromatic hydroxyl groups is 1. The molecule has 0 amide bonds. The van der Waals surface area contributed by atoms with E-state index in [0.29, 0.717) is 14.3 Å². The van der Waals surface area contributed by atoms with Crippen LogP contribution in [0.3, 0.4) is 0 Å². The molecule has 0 aliphatic rings. The maximum atomic E-state index is 13.5. The van der Waals surface area contributed by atoms with Gasteiger partial charge in [-0.15, -0.1) is 23.1 Å². The maximum absolute atomic E-state index is 13.5. The standard InChI is InChI=1S/C9H7FOS2/c1-12-9-7(10)5-3-2-4-6(11)8(5)13-9/h2-4,11H,1H3. The first kappa shape index (κ1) is 8.84. The van der Waals surface area contributed by atoms with Crippen molar-refractivity contribution in [3.05, 3.63) is 24.0 Å². The number of benzene rings is 1. The van der Waals surface area contributed by atoms with Gasteiger partial charge in [0.2, 0.25) is 0 Å². The number of hydrogen-bond acceptors (Lipinski definition) is 3. The van der Waals surface area contributed by atoms with Crippen molar-refractivity contribution in [2.45, 2.75) is 4.21 Å². The van der Waals surface area contributed by atoms with Crippen LogP contribution in [-0.4, -0.2) is 11.4 Å². The fraction of sp³-hybridized carbons (Fsp3) is 0.111. The van der Waals surface area contributed by atoms with Crippen molar-refractivity contribution in [1.82, 2.24) is 0 Å². The van der Waals surface area contributed by atoms with Crippen molar-refractivity contribution in [3.63, 3.8) is 0 Å². The summed E-state index contributed by atoms with van der Waals surface area (Å²) >= 11 is 2.65. The van der Waals surface area contributed by atoms with Gasteiger partial charge in [0, 0.05) is 5.39 Å². The lowest BCUT2D eigenvalue weighted by Gasteiger charge is -1.91. The van der Waals surface area contributed by atoms with Gasteiger partial charge in [-0.2, -0.15) is 0 Å². The van der Waals surface area contributed by atoms with Crippen LogP contribution in [0.15, 0.2) is 22.4 Å². The highest BCUT2D eigenvalue weighted by atomic mass is 32.2. The Hall–Kier alpha value is -0.740. The highest BCUT2D eigenvalue weighted by Gasteiger charge is 2.12. The van der Waals surface area contributed by atoms with Gasteiger partial charge >= 0.3 is 0 Å². The third kappa shape index (κ3) is 1.30. The summed E-state index contributed by atoms with van der Waals surface area (Å²) in [6.45, 7) is 0. The van der Waals surface area contributed by atoms with E-state index < -0.39 is 0 Å². The third-order valence-electron chi connectivity index (χ3n) is 1.79.